The Morgan fingerprint density at radius 3 is 2.61 bits per heavy atom. The third kappa shape index (κ3) is 4.88. The van der Waals surface area contributed by atoms with Crippen molar-refractivity contribution in [2.75, 3.05) is 12.4 Å². The van der Waals surface area contributed by atoms with E-state index in [-0.39, 0.29) is 0 Å². The van der Waals surface area contributed by atoms with Gasteiger partial charge in [0.25, 0.3) is 0 Å². The van der Waals surface area contributed by atoms with Crippen LogP contribution in [0.15, 0.2) is 16.3 Å². The van der Waals surface area contributed by atoms with Crippen LogP contribution in [0.5, 0.6) is 0 Å². The summed E-state index contributed by atoms with van der Waals surface area (Å²) in [6, 6.07) is 3.47. The van der Waals surface area contributed by atoms with Gasteiger partial charge in [-0.1, -0.05) is 13.3 Å². The first kappa shape index (κ1) is 16.0. The summed E-state index contributed by atoms with van der Waals surface area (Å²) < 4.78 is 27.1. The third-order valence-electron chi connectivity index (χ3n) is 2.76. The van der Waals surface area contributed by atoms with E-state index in [1.54, 1.807) is 6.07 Å². The maximum atomic E-state index is 12.0. The zero-order valence-corrected chi connectivity index (χ0v) is 13.2. The molecule has 1 heterocycles. The first-order valence-electron chi connectivity index (χ1n) is 6.11. The highest BCUT2D eigenvalue weighted by molar-refractivity contribution is 7.91. The molecule has 1 rings (SSSR count). The fraction of sp³-hybridized carbons (Fsp3) is 0.667. The zero-order valence-electron chi connectivity index (χ0n) is 10.8. The Morgan fingerprint density at radius 1 is 1.39 bits per heavy atom. The van der Waals surface area contributed by atoms with Gasteiger partial charge in [-0.2, -0.15) is 0 Å². The summed E-state index contributed by atoms with van der Waals surface area (Å²) in [5.41, 5.74) is 0. The van der Waals surface area contributed by atoms with E-state index in [9.17, 15) is 8.42 Å². The van der Waals surface area contributed by atoms with Gasteiger partial charge in [0, 0.05) is 17.3 Å². The maximum absolute atomic E-state index is 12.0. The van der Waals surface area contributed by atoms with Gasteiger partial charge in [-0.3, -0.25) is 0 Å². The van der Waals surface area contributed by atoms with Crippen molar-refractivity contribution in [2.24, 2.45) is 5.92 Å². The van der Waals surface area contributed by atoms with Gasteiger partial charge in [-0.15, -0.1) is 22.9 Å². The Morgan fingerprint density at radius 2 is 2.11 bits per heavy atom. The molecule has 1 aromatic heterocycles. The number of thiophene rings is 1. The second-order valence-corrected chi connectivity index (χ2v) is 8.01. The first-order valence-corrected chi connectivity index (χ1v) is 8.95. The molecule has 1 atom stereocenters. The lowest BCUT2D eigenvalue weighted by Gasteiger charge is -2.15. The molecule has 1 N–H and O–H groups in total. The number of hydrogen-bond acceptors (Lipinski definition) is 3. The molecule has 104 valence electrons. The van der Waals surface area contributed by atoms with Crippen molar-refractivity contribution in [1.29, 1.82) is 0 Å². The molecule has 0 aliphatic rings. The lowest BCUT2D eigenvalue weighted by molar-refractivity contribution is 0.457. The lowest BCUT2D eigenvalue weighted by atomic mass is 10.0. The number of rotatable bonds is 8. The summed E-state index contributed by atoms with van der Waals surface area (Å²) in [5.74, 6) is 0.896. The first-order chi connectivity index (χ1) is 8.49. The van der Waals surface area contributed by atoms with Crippen LogP contribution in [0.25, 0.3) is 0 Å². The average molecular weight is 310 g/mol. The number of halogens is 1. The predicted octanol–water partition coefficient (Wildman–Crippen LogP) is 3.38. The Balaban J connectivity index is 2.60. The highest BCUT2D eigenvalue weighted by Crippen LogP contribution is 2.21. The summed E-state index contributed by atoms with van der Waals surface area (Å²) in [7, 11) is -3.35. The van der Waals surface area contributed by atoms with Gasteiger partial charge < -0.3 is 0 Å². The average Bonchev–Trinajstić information content (AvgIpc) is 2.74. The normalized spacial score (nSPS) is 13.7. The second kappa shape index (κ2) is 7.48. The molecular weight excluding hydrogens is 290 g/mol. The van der Waals surface area contributed by atoms with Gasteiger partial charge in [0.1, 0.15) is 4.21 Å². The molecule has 0 saturated heterocycles. The molecule has 0 bridgehead atoms. The quantitative estimate of drug-likeness (QED) is 0.748. The monoisotopic (exact) mass is 309 g/mol. The molecule has 18 heavy (non-hydrogen) atoms. The summed E-state index contributed by atoms with van der Waals surface area (Å²) in [4.78, 5) is 1.00. The fourth-order valence-corrected chi connectivity index (χ4v) is 4.52. The highest BCUT2D eigenvalue weighted by Gasteiger charge is 2.18. The van der Waals surface area contributed by atoms with Crippen molar-refractivity contribution >= 4 is 33.0 Å². The molecule has 0 aliphatic carbocycles. The van der Waals surface area contributed by atoms with Gasteiger partial charge in [0.05, 0.1) is 0 Å². The number of aryl methyl sites for hydroxylation is 1. The summed E-state index contributed by atoms with van der Waals surface area (Å²) >= 11 is 7.02. The summed E-state index contributed by atoms with van der Waals surface area (Å²) in [6.45, 7) is 4.47. The summed E-state index contributed by atoms with van der Waals surface area (Å²) in [6.07, 6.45) is 2.89. The largest absolute Gasteiger partial charge is 0.250 e. The molecule has 0 amide bonds. The van der Waals surface area contributed by atoms with Crippen LogP contribution in [0.4, 0.5) is 0 Å². The SMILES string of the molecule is CCCC(CCCl)CNS(=O)(=O)c1ccc(C)s1. The van der Waals surface area contributed by atoms with Crippen LogP contribution >= 0.6 is 22.9 Å². The van der Waals surface area contributed by atoms with E-state index in [0.717, 1.165) is 24.1 Å². The third-order valence-corrected chi connectivity index (χ3v) is 5.89. The molecule has 0 aromatic carbocycles. The van der Waals surface area contributed by atoms with Gasteiger partial charge in [-0.05, 0) is 37.8 Å². The number of hydrogen-bond donors (Lipinski definition) is 1. The van der Waals surface area contributed by atoms with Crippen molar-refractivity contribution in [1.82, 2.24) is 4.72 Å². The second-order valence-electron chi connectivity index (χ2n) is 4.35. The summed E-state index contributed by atoms with van der Waals surface area (Å²) in [5, 5.41) is 0. The smallest absolute Gasteiger partial charge is 0.210 e. The number of nitrogens with one attached hydrogen (secondary N) is 1. The molecule has 0 saturated carbocycles. The van der Waals surface area contributed by atoms with E-state index in [1.807, 2.05) is 13.0 Å². The maximum Gasteiger partial charge on any atom is 0.250 e. The van der Waals surface area contributed by atoms with Crippen molar-refractivity contribution in [2.45, 2.75) is 37.3 Å². The lowest BCUT2D eigenvalue weighted by Crippen LogP contribution is -2.29. The Kier molecular flexibility index (Phi) is 6.63. The van der Waals surface area contributed by atoms with Crippen molar-refractivity contribution in [3.8, 4) is 0 Å². The van der Waals surface area contributed by atoms with Crippen LogP contribution < -0.4 is 4.72 Å². The molecule has 0 fully saturated rings. The van der Waals surface area contributed by atoms with E-state index in [2.05, 4.69) is 11.6 Å². The van der Waals surface area contributed by atoms with E-state index >= 15 is 0 Å². The minimum atomic E-state index is -3.35. The van der Waals surface area contributed by atoms with E-state index in [0.29, 0.717) is 22.6 Å². The molecular formula is C12H20ClNO2S2. The van der Waals surface area contributed by atoms with Crippen LogP contribution in [0.2, 0.25) is 0 Å². The van der Waals surface area contributed by atoms with E-state index in [4.69, 9.17) is 11.6 Å². The van der Waals surface area contributed by atoms with Gasteiger partial charge >= 0.3 is 0 Å². The van der Waals surface area contributed by atoms with Crippen LogP contribution in [-0.2, 0) is 10.0 Å². The Hall–Kier alpha value is -0.100. The molecule has 0 spiro atoms. The molecule has 3 nitrogen and oxygen atoms in total. The van der Waals surface area contributed by atoms with Crippen molar-refractivity contribution < 1.29 is 8.42 Å². The van der Waals surface area contributed by atoms with Crippen LogP contribution in [0, 0.1) is 12.8 Å². The molecule has 0 radical (unpaired) electrons. The minimum Gasteiger partial charge on any atom is -0.210 e. The molecule has 1 unspecified atom stereocenters. The van der Waals surface area contributed by atoms with Crippen LogP contribution in [0.1, 0.15) is 31.1 Å². The van der Waals surface area contributed by atoms with Gasteiger partial charge in [0.2, 0.25) is 10.0 Å². The molecule has 0 aliphatic heterocycles. The molecule has 1 aromatic rings. The zero-order chi connectivity index (χ0) is 13.6. The number of sulfonamides is 1. The van der Waals surface area contributed by atoms with Gasteiger partial charge in [0.15, 0.2) is 0 Å². The molecule has 6 heteroatoms. The number of alkyl halides is 1. The van der Waals surface area contributed by atoms with Crippen molar-refractivity contribution in [3.63, 3.8) is 0 Å². The van der Waals surface area contributed by atoms with Crippen LogP contribution in [0.3, 0.4) is 0 Å². The minimum absolute atomic E-state index is 0.323. The highest BCUT2D eigenvalue weighted by atomic mass is 35.5. The standard InChI is InChI=1S/C12H20ClNO2S2/c1-3-4-11(7-8-13)9-14-18(15,16)12-6-5-10(2)17-12/h5-6,11,14H,3-4,7-9H2,1-2H3. The Bertz CT molecular complexity index is 450. The van der Waals surface area contributed by atoms with E-state index in [1.165, 1.54) is 11.3 Å². The fourth-order valence-electron chi connectivity index (χ4n) is 1.77. The topological polar surface area (TPSA) is 46.2 Å². The van der Waals surface area contributed by atoms with Crippen LogP contribution in [-0.4, -0.2) is 20.8 Å². The Labute approximate surface area is 119 Å². The van der Waals surface area contributed by atoms with E-state index < -0.39 is 10.0 Å². The van der Waals surface area contributed by atoms with Gasteiger partial charge in [-0.25, -0.2) is 13.1 Å². The van der Waals surface area contributed by atoms with Crippen molar-refractivity contribution in [3.05, 3.63) is 17.0 Å². The predicted molar refractivity (Wildman–Crippen MR) is 78.0 cm³/mol.